The van der Waals surface area contributed by atoms with Gasteiger partial charge in [-0.15, -0.1) is 0 Å². The van der Waals surface area contributed by atoms with Crippen molar-refractivity contribution in [1.82, 2.24) is 9.55 Å². The molecule has 0 spiro atoms. The maximum Gasteiger partial charge on any atom is 0.265 e. The van der Waals surface area contributed by atoms with E-state index in [0.717, 1.165) is 4.47 Å². The lowest BCUT2D eigenvalue weighted by molar-refractivity contribution is 0.112. The van der Waals surface area contributed by atoms with Gasteiger partial charge in [-0.3, -0.25) is 14.2 Å². The molecule has 1 heterocycles. The van der Waals surface area contributed by atoms with Crippen molar-refractivity contribution in [2.75, 3.05) is 7.11 Å². The van der Waals surface area contributed by atoms with E-state index in [9.17, 15) is 9.59 Å². The average molecular weight is 359 g/mol. The van der Waals surface area contributed by atoms with Gasteiger partial charge in [0.25, 0.3) is 5.56 Å². The van der Waals surface area contributed by atoms with Crippen LogP contribution in [0.3, 0.4) is 0 Å². The topological polar surface area (TPSA) is 61.2 Å². The van der Waals surface area contributed by atoms with Gasteiger partial charge in [-0.25, -0.2) is 4.98 Å². The number of rotatable bonds is 3. The molecular formula is C16H11BrN2O3. The van der Waals surface area contributed by atoms with E-state index in [1.54, 1.807) is 30.3 Å². The van der Waals surface area contributed by atoms with Gasteiger partial charge in [-0.05, 0) is 36.4 Å². The van der Waals surface area contributed by atoms with E-state index >= 15 is 0 Å². The molecule has 22 heavy (non-hydrogen) atoms. The summed E-state index contributed by atoms with van der Waals surface area (Å²) in [6.07, 6.45) is 2.15. The third kappa shape index (κ3) is 2.42. The van der Waals surface area contributed by atoms with Crippen LogP contribution in [0.2, 0.25) is 0 Å². The summed E-state index contributed by atoms with van der Waals surface area (Å²) < 4.78 is 7.31. The van der Waals surface area contributed by atoms with Crippen molar-refractivity contribution in [3.05, 3.63) is 63.1 Å². The molecule has 2 aromatic carbocycles. The summed E-state index contributed by atoms with van der Waals surface area (Å²) in [6.45, 7) is 0. The summed E-state index contributed by atoms with van der Waals surface area (Å²) in [6, 6.07) is 10.3. The van der Waals surface area contributed by atoms with E-state index in [0.29, 0.717) is 34.2 Å². The van der Waals surface area contributed by atoms with Crippen molar-refractivity contribution >= 4 is 33.1 Å². The minimum Gasteiger partial charge on any atom is -0.496 e. The van der Waals surface area contributed by atoms with Gasteiger partial charge in [0, 0.05) is 4.47 Å². The van der Waals surface area contributed by atoms with Crippen LogP contribution >= 0.6 is 15.9 Å². The van der Waals surface area contributed by atoms with Crippen molar-refractivity contribution in [3.63, 3.8) is 0 Å². The molecule has 3 rings (SSSR count). The number of hydrogen-bond acceptors (Lipinski definition) is 4. The van der Waals surface area contributed by atoms with E-state index in [2.05, 4.69) is 20.9 Å². The Bertz CT molecular complexity index is 934. The normalized spacial score (nSPS) is 10.6. The molecular weight excluding hydrogens is 348 g/mol. The fraction of sp³-hybridized carbons (Fsp3) is 0.0625. The molecule has 110 valence electrons. The van der Waals surface area contributed by atoms with Crippen molar-refractivity contribution in [3.8, 4) is 11.4 Å². The second-order valence-corrected chi connectivity index (χ2v) is 5.54. The van der Waals surface area contributed by atoms with Gasteiger partial charge < -0.3 is 4.74 Å². The summed E-state index contributed by atoms with van der Waals surface area (Å²) in [5.74, 6) is 0.461. The number of ether oxygens (including phenoxy) is 1. The average Bonchev–Trinajstić information content (AvgIpc) is 2.55. The molecule has 0 aliphatic carbocycles. The zero-order chi connectivity index (χ0) is 15.7. The van der Waals surface area contributed by atoms with Crippen molar-refractivity contribution < 1.29 is 9.53 Å². The van der Waals surface area contributed by atoms with Crippen LogP contribution < -0.4 is 10.3 Å². The smallest absolute Gasteiger partial charge is 0.265 e. The minimum atomic E-state index is -0.201. The van der Waals surface area contributed by atoms with Gasteiger partial charge in [0.2, 0.25) is 0 Å². The molecule has 6 heteroatoms. The Morgan fingerprint density at radius 3 is 2.77 bits per heavy atom. The standard InChI is InChI=1S/C16H11BrN2O3/c1-22-15-5-3-12(6-10(15)8-20)19-9-18-14-4-2-11(17)7-13(14)16(19)21/h2-9H,1H3. The first-order chi connectivity index (χ1) is 10.6. The lowest BCUT2D eigenvalue weighted by Gasteiger charge is -2.09. The molecule has 0 amide bonds. The molecule has 0 fully saturated rings. The van der Waals surface area contributed by atoms with Crippen LogP contribution in [0.4, 0.5) is 0 Å². The van der Waals surface area contributed by atoms with E-state index in [1.807, 2.05) is 6.07 Å². The van der Waals surface area contributed by atoms with E-state index in [1.165, 1.54) is 18.0 Å². The molecule has 0 saturated heterocycles. The number of hydrogen-bond donors (Lipinski definition) is 0. The molecule has 0 aliphatic heterocycles. The quantitative estimate of drug-likeness (QED) is 0.675. The maximum atomic E-state index is 12.6. The van der Waals surface area contributed by atoms with Crippen LogP contribution in [-0.4, -0.2) is 22.9 Å². The first-order valence-corrected chi connectivity index (χ1v) is 7.24. The fourth-order valence-electron chi connectivity index (χ4n) is 2.24. The highest BCUT2D eigenvalue weighted by molar-refractivity contribution is 9.10. The highest BCUT2D eigenvalue weighted by atomic mass is 79.9. The summed E-state index contributed by atoms with van der Waals surface area (Å²) in [5.41, 5.74) is 1.35. The number of carbonyl (C=O) groups is 1. The van der Waals surface area contributed by atoms with Crippen LogP contribution in [0.25, 0.3) is 16.6 Å². The van der Waals surface area contributed by atoms with Crippen LogP contribution in [0.15, 0.2) is 52.0 Å². The molecule has 0 saturated carbocycles. The molecule has 3 aromatic rings. The number of aldehydes is 1. The third-order valence-corrected chi connectivity index (χ3v) is 3.83. The molecule has 1 aromatic heterocycles. The van der Waals surface area contributed by atoms with Crippen LogP contribution in [0.1, 0.15) is 10.4 Å². The lowest BCUT2D eigenvalue weighted by Crippen LogP contribution is -2.19. The van der Waals surface area contributed by atoms with Crippen LogP contribution in [-0.2, 0) is 0 Å². The summed E-state index contributed by atoms with van der Waals surface area (Å²) in [5, 5.41) is 0.500. The first kappa shape index (κ1) is 14.5. The Morgan fingerprint density at radius 2 is 2.05 bits per heavy atom. The van der Waals surface area contributed by atoms with E-state index < -0.39 is 0 Å². The number of nitrogens with zero attached hydrogens (tertiary/aromatic N) is 2. The Morgan fingerprint density at radius 1 is 1.23 bits per heavy atom. The summed E-state index contributed by atoms with van der Waals surface area (Å²) in [7, 11) is 1.49. The van der Waals surface area contributed by atoms with E-state index in [-0.39, 0.29) is 5.56 Å². The van der Waals surface area contributed by atoms with Crippen LogP contribution in [0, 0.1) is 0 Å². The van der Waals surface area contributed by atoms with Gasteiger partial charge in [-0.1, -0.05) is 15.9 Å². The van der Waals surface area contributed by atoms with Gasteiger partial charge in [0.1, 0.15) is 12.1 Å². The zero-order valence-corrected chi connectivity index (χ0v) is 13.2. The molecule has 0 N–H and O–H groups in total. The predicted molar refractivity (Wildman–Crippen MR) is 87.0 cm³/mol. The van der Waals surface area contributed by atoms with Crippen molar-refractivity contribution in [1.29, 1.82) is 0 Å². The largest absolute Gasteiger partial charge is 0.496 e. The highest BCUT2D eigenvalue weighted by Gasteiger charge is 2.09. The van der Waals surface area contributed by atoms with Gasteiger partial charge in [-0.2, -0.15) is 0 Å². The Labute approximate surface area is 134 Å². The second kappa shape index (κ2) is 5.73. The van der Waals surface area contributed by atoms with Gasteiger partial charge in [0.15, 0.2) is 6.29 Å². The Balaban J connectivity index is 2.24. The third-order valence-electron chi connectivity index (χ3n) is 3.34. The minimum absolute atomic E-state index is 0.201. The Kier molecular flexibility index (Phi) is 3.77. The molecule has 5 nitrogen and oxygen atoms in total. The molecule has 0 atom stereocenters. The first-order valence-electron chi connectivity index (χ1n) is 6.44. The second-order valence-electron chi connectivity index (χ2n) is 4.63. The maximum absolute atomic E-state index is 12.6. The molecule has 0 radical (unpaired) electrons. The molecule has 0 bridgehead atoms. The van der Waals surface area contributed by atoms with Crippen molar-refractivity contribution in [2.24, 2.45) is 0 Å². The SMILES string of the molecule is COc1ccc(-n2cnc3ccc(Br)cc3c2=O)cc1C=O. The lowest BCUT2D eigenvalue weighted by atomic mass is 10.2. The number of methoxy groups -OCH3 is 1. The summed E-state index contributed by atoms with van der Waals surface area (Å²) >= 11 is 3.35. The van der Waals surface area contributed by atoms with Gasteiger partial charge in [0.05, 0.1) is 29.3 Å². The van der Waals surface area contributed by atoms with Crippen LogP contribution in [0.5, 0.6) is 5.75 Å². The van der Waals surface area contributed by atoms with Gasteiger partial charge >= 0.3 is 0 Å². The number of halogens is 1. The number of carbonyl (C=O) groups excluding carboxylic acids is 1. The number of benzene rings is 2. The summed E-state index contributed by atoms with van der Waals surface area (Å²) in [4.78, 5) is 28.0. The zero-order valence-electron chi connectivity index (χ0n) is 11.6. The monoisotopic (exact) mass is 358 g/mol. The Hall–Kier alpha value is -2.47. The molecule has 0 aliphatic rings. The number of fused-ring (bicyclic) bond motifs is 1. The van der Waals surface area contributed by atoms with Crippen molar-refractivity contribution in [2.45, 2.75) is 0 Å². The number of aromatic nitrogens is 2. The van der Waals surface area contributed by atoms with E-state index in [4.69, 9.17) is 4.74 Å². The molecule has 0 unspecified atom stereocenters. The highest BCUT2D eigenvalue weighted by Crippen LogP contribution is 2.20. The fourth-order valence-corrected chi connectivity index (χ4v) is 2.60. The predicted octanol–water partition coefficient (Wildman–Crippen LogP) is 2.97.